The Morgan fingerprint density at radius 1 is 1.15 bits per heavy atom. The van der Waals surface area contributed by atoms with Crippen molar-refractivity contribution in [2.24, 2.45) is 5.41 Å². The maximum Gasteiger partial charge on any atom is 0.453 e. The summed E-state index contributed by atoms with van der Waals surface area (Å²) in [6, 6.07) is 0. The van der Waals surface area contributed by atoms with Crippen molar-refractivity contribution in [1.82, 2.24) is 0 Å². The van der Waals surface area contributed by atoms with E-state index in [2.05, 4.69) is 0 Å². The van der Waals surface area contributed by atoms with Crippen LogP contribution in [0, 0.1) is 5.41 Å². The van der Waals surface area contributed by atoms with Crippen molar-refractivity contribution in [2.45, 2.75) is 38.0 Å². The van der Waals surface area contributed by atoms with Crippen LogP contribution in [0.3, 0.4) is 0 Å². The van der Waals surface area contributed by atoms with Gasteiger partial charge in [-0.05, 0) is 19.8 Å². The van der Waals surface area contributed by atoms with Gasteiger partial charge in [0.15, 0.2) is 0 Å². The fourth-order valence-electron chi connectivity index (χ4n) is 1.41. The van der Waals surface area contributed by atoms with Crippen LogP contribution in [0.25, 0.3) is 0 Å². The molecule has 0 aromatic carbocycles. The highest BCUT2D eigenvalue weighted by molar-refractivity contribution is 5.09. The van der Waals surface area contributed by atoms with Gasteiger partial charge in [0.05, 0.1) is 11.5 Å². The average molecular weight is 204 g/mol. The molecule has 0 spiro atoms. The number of alkyl halides is 5. The van der Waals surface area contributed by atoms with Gasteiger partial charge < -0.3 is 5.11 Å². The summed E-state index contributed by atoms with van der Waals surface area (Å²) >= 11 is 0. The molecule has 0 aromatic heterocycles. The van der Waals surface area contributed by atoms with E-state index in [1.54, 1.807) is 0 Å². The van der Waals surface area contributed by atoms with Crippen molar-refractivity contribution in [1.29, 1.82) is 0 Å². The van der Waals surface area contributed by atoms with Gasteiger partial charge in [0.2, 0.25) is 0 Å². The molecular weight excluding hydrogens is 195 g/mol. The molecule has 1 nitrogen and oxygen atoms in total. The summed E-state index contributed by atoms with van der Waals surface area (Å²) in [6.07, 6.45) is -7.77. The van der Waals surface area contributed by atoms with Crippen LogP contribution >= 0.6 is 0 Å². The molecule has 1 fully saturated rings. The van der Waals surface area contributed by atoms with Gasteiger partial charge in [-0.1, -0.05) is 0 Å². The zero-order chi connectivity index (χ0) is 10.5. The number of halogens is 5. The fourth-order valence-corrected chi connectivity index (χ4v) is 1.41. The van der Waals surface area contributed by atoms with E-state index in [-0.39, 0.29) is 12.8 Å². The Morgan fingerprint density at radius 3 is 1.62 bits per heavy atom. The van der Waals surface area contributed by atoms with Crippen molar-refractivity contribution in [3.8, 4) is 0 Å². The van der Waals surface area contributed by atoms with Crippen LogP contribution in [-0.2, 0) is 0 Å². The molecule has 1 aliphatic rings. The largest absolute Gasteiger partial charge is 0.453 e. The van der Waals surface area contributed by atoms with Crippen molar-refractivity contribution < 1.29 is 27.1 Å². The predicted octanol–water partition coefficient (Wildman–Crippen LogP) is 2.34. The maximum atomic E-state index is 12.7. The molecule has 1 N–H and O–H groups in total. The number of aliphatic hydroxyl groups is 1. The van der Waals surface area contributed by atoms with Crippen LogP contribution in [0.1, 0.15) is 19.8 Å². The number of hydrogen-bond acceptors (Lipinski definition) is 1. The number of hydrogen-bond donors (Lipinski definition) is 1. The first-order valence-corrected chi connectivity index (χ1v) is 3.78. The van der Waals surface area contributed by atoms with Crippen molar-refractivity contribution in [2.75, 3.05) is 0 Å². The highest BCUT2D eigenvalue weighted by Crippen LogP contribution is 2.63. The first-order chi connectivity index (χ1) is 5.65. The topological polar surface area (TPSA) is 20.2 Å². The minimum absolute atomic E-state index is 0.281. The molecule has 0 heterocycles. The monoisotopic (exact) mass is 204 g/mol. The maximum absolute atomic E-state index is 12.7. The van der Waals surface area contributed by atoms with Crippen LogP contribution in [-0.4, -0.2) is 23.3 Å². The second-order valence-electron chi connectivity index (χ2n) is 3.40. The Kier molecular flexibility index (Phi) is 2.10. The molecule has 78 valence electrons. The van der Waals surface area contributed by atoms with Gasteiger partial charge in [0.25, 0.3) is 0 Å². The molecule has 0 aliphatic heterocycles. The summed E-state index contributed by atoms with van der Waals surface area (Å²) in [5, 5.41) is 8.86. The van der Waals surface area contributed by atoms with Crippen LogP contribution < -0.4 is 0 Å². The van der Waals surface area contributed by atoms with Crippen LogP contribution in [0.2, 0.25) is 0 Å². The third kappa shape index (κ3) is 1.31. The van der Waals surface area contributed by atoms with Gasteiger partial charge in [-0.3, -0.25) is 0 Å². The second kappa shape index (κ2) is 2.56. The first-order valence-electron chi connectivity index (χ1n) is 3.78. The third-order valence-corrected chi connectivity index (χ3v) is 2.57. The molecule has 0 aromatic rings. The van der Waals surface area contributed by atoms with E-state index in [0.717, 1.165) is 6.92 Å². The molecule has 1 atom stereocenters. The summed E-state index contributed by atoms with van der Waals surface area (Å²) in [4.78, 5) is 0. The van der Waals surface area contributed by atoms with Crippen molar-refractivity contribution in [3.63, 3.8) is 0 Å². The Hall–Kier alpha value is -0.390. The van der Waals surface area contributed by atoms with Gasteiger partial charge >= 0.3 is 12.1 Å². The van der Waals surface area contributed by atoms with Crippen molar-refractivity contribution >= 4 is 0 Å². The molecule has 1 aliphatic carbocycles. The SMILES string of the molecule is CC(O)C1(C(F)(F)C(F)(F)F)CC1. The molecule has 6 heteroatoms. The Bertz CT molecular complexity index is 203. The quantitative estimate of drug-likeness (QED) is 0.684. The molecule has 1 saturated carbocycles. The Labute approximate surface area is 71.5 Å². The lowest BCUT2D eigenvalue weighted by atomic mass is 9.92. The molecule has 1 rings (SSSR count). The van der Waals surface area contributed by atoms with Crippen LogP contribution in [0.4, 0.5) is 22.0 Å². The lowest BCUT2D eigenvalue weighted by molar-refractivity contribution is -0.318. The Balaban J connectivity index is 2.93. The van der Waals surface area contributed by atoms with E-state index in [0.29, 0.717) is 0 Å². The van der Waals surface area contributed by atoms with Gasteiger partial charge in [-0.2, -0.15) is 22.0 Å². The Morgan fingerprint density at radius 2 is 1.54 bits per heavy atom. The molecule has 0 amide bonds. The molecular formula is C7H9F5O. The van der Waals surface area contributed by atoms with Gasteiger partial charge in [0.1, 0.15) is 0 Å². The predicted molar refractivity (Wildman–Crippen MR) is 34.3 cm³/mol. The van der Waals surface area contributed by atoms with E-state index >= 15 is 0 Å². The van der Waals surface area contributed by atoms with E-state index < -0.39 is 23.6 Å². The summed E-state index contributed by atoms with van der Waals surface area (Å²) < 4.78 is 61.1. The molecule has 0 radical (unpaired) electrons. The van der Waals surface area contributed by atoms with Crippen LogP contribution in [0.15, 0.2) is 0 Å². The highest BCUT2D eigenvalue weighted by atomic mass is 19.4. The zero-order valence-electron chi connectivity index (χ0n) is 6.83. The van der Waals surface area contributed by atoms with Gasteiger partial charge in [-0.25, -0.2) is 0 Å². The molecule has 0 bridgehead atoms. The van der Waals surface area contributed by atoms with E-state index in [4.69, 9.17) is 5.11 Å². The highest BCUT2D eigenvalue weighted by Gasteiger charge is 2.76. The summed E-state index contributed by atoms with van der Waals surface area (Å²) in [6.45, 7) is 0.965. The summed E-state index contributed by atoms with van der Waals surface area (Å²) in [5.74, 6) is -4.78. The van der Waals surface area contributed by atoms with Crippen molar-refractivity contribution in [3.05, 3.63) is 0 Å². The lowest BCUT2D eigenvalue weighted by Crippen LogP contribution is -2.49. The van der Waals surface area contributed by atoms with Crippen LogP contribution in [0.5, 0.6) is 0 Å². The first kappa shape index (κ1) is 10.7. The normalized spacial score (nSPS) is 24.2. The van der Waals surface area contributed by atoms with Gasteiger partial charge in [0, 0.05) is 0 Å². The standard InChI is InChI=1S/C7H9F5O/c1-4(13)5(2-3-5)6(8,9)7(10,11)12/h4,13H,2-3H2,1H3. The van der Waals surface area contributed by atoms with Gasteiger partial charge in [-0.15, -0.1) is 0 Å². The van der Waals surface area contributed by atoms with E-state index in [1.165, 1.54) is 0 Å². The zero-order valence-corrected chi connectivity index (χ0v) is 6.83. The number of aliphatic hydroxyl groups excluding tert-OH is 1. The molecule has 13 heavy (non-hydrogen) atoms. The average Bonchev–Trinajstić information content (AvgIpc) is 2.61. The van der Waals surface area contributed by atoms with E-state index in [1.807, 2.05) is 0 Å². The third-order valence-electron chi connectivity index (χ3n) is 2.57. The smallest absolute Gasteiger partial charge is 0.393 e. The lowest BCUT2D eigenvalue weighted by Gasteiger charge is -2.30. The number of rotatable bonds is 2. The second-order valence-corrected chi connectivity index (χ2v) is 3.40. The van der Waals surface area contributed by atoms with E-state index in [9.17, 15) is 22.0 Å². The molecule has 1 unspecified atom stereocenters. The summed E-state index contributed by atoms with van der Waals surface area (Å²) in [5.41, 5.74) is -2.27. The molecule has 0 saturated heterocycles. The minimum atomic E-state index is -5.57. The summed E-state index contributed by atoms with van der Waals surface area (Å²) in [7, 11) is 0. The minimum Gasteiger partial charge on any atom is -0.393 e. The fraction of sp³-hybridized carbons (Fsp3) is 1.00.